The molecule has 0 radical (unpaired) electrons. The van der Waals surface area contributed by atoms with Crippen molar-refractivity contribution in [2.75, 3.05) is 13.2 Å². The van der Waals surface area contributed by atoms with Crippen LogP contribution in [0.15, 0.2) is 24.4 Å². The van der Waals surface area contributed by atoms with E-state index in [1.807, 2.05) is 39.0 Å². The van der Waals surface area contributed by atoms with Gasteiger partial charge in [0.05, 0.1) is 13.2 Å². The van der Waals surface area contributed by atoms with Gasteiger partial charge in [-0.1, -0.05) is 13.8 Å². The van der Waals surface area contributed by atoms with Gasteiger partial charge in [-0.3, -0.25) is 4.79 Å². The van der Waals surface area contributed by atoms with Gasteiger partial charge in [0.25, 0.3) is 0 Å². The summed E-state index contributed by atoms with van der Waals surface area (Å²) in [7, 11) is 0. The maximum Gasteiger partial charge on any atom is 0.178 e. The van der Waals surface area contributed by atoms with Gasteiger partial charge in [0.1, 0.15) is 5.75 Å². The third-order valence-corrected chi connectivity index (χ3v) is 2.94. The molecule has 102 valence electrons. The highest BCUT2D eigenvalue weighted by Gasteiger charge is 2.12. The highest BCUT2D eigenvalue weighted by Crippen LogP contribution is 2.24. The van der Waals surface area contributed by atoms with E-state index in [4.69, 9.17) is 4.74 Å². The molecule has 0 aliphatic heterocycles. The lowest BCUT2D eigenvalue weighted by Crippen LogP contribution is -2.29. The molecule has 0 bridgehead atoms. The molecule has 0 atom stereocenters. The fourth-order valence-corrected chi connectivity index (χ4v) is 1.98. The van der Waals surface area contributed by atoms with Gasteiger partial charge in [-0.25, -0.2) is 0 Å². The van der Waals surface area contributed by atoms with E-state index >= 15 is 0 Å². The maximum absolute atomic E-state index is 12.2. The molecule has 0 fully saturated rings. The Morgan fingerprint density at radius 1 is 1.42 bits per heavy atom. The number of hydrogen-bond acceptors (Lipinski definition) is 3. The molecule has 2 rings (SSSR count). The number of H-pyrrole nitrogens is 1. The first-order chi connectivity index (χ1) is 9.11. The van der Waals surface area contributed by atoms with Crippen LogP contribution in [-0.2, 0) is 0 Å². The minimum atomic E-state index is 0.0913. The molecule has 2 N–H and O–H groups in total. The largest absolute Gasteiger partial charge is 0.494 e. The van der Waals surface area contributed by atoms with Crippen LogP contribution in [0.1, 0.15) is 31.1 Å². The zero-order chi connectivity index (χ0) is 13.8. The number of fused-ring (bicyclic) bond motifs is 1. The van der Waals surface area contributed by atoms with E-state index in [0.717, 1.165) is 16.7 Å². The number of ether oxygens (including phenoxy) is 1. The number of Topliss-reactive ketones (excluding diaryl/α,β-unsaturated/α-hetero) is 1. The molecule has 0 aliphatic carbocycles. The second-order valence-electron chi connectivity index (χ2n) is 4.80. The highest BCUT2D eigenvalue weighted by molar-refractivity contribution is 6.09. The molecule has 0 unspecified atom stereocenters. The van der Waals surface area contributed by atoms with Gasteiger partial charge in [0.2, 0.25) is 0 Å². The van der Waals surface area contributed by atoms with Gasteiger partial charge in [-0.2, -0.15) is 0 Å². The van der Waals surface area contributed by atoms with Crippen LogP contribution in [0.25, 0.3) is 10.9 Å². The third-order valence-electron chi connectivity index (χ3n) is 2.94. The molecule has 1 aromatic carbocycles. The van der Waals surface area contributed by atoms with Gasteiger partial charge in [0, 0.05) is 28.7 Å². The number of aromatic nitrogens is 1. The molecule has 0 spiro atoms. The number of benzene rings is 1. The second-order valence-corrected chi connectivity index (χ2v) is 4.80. The van der Waals surface area contributed by atoms with E-state index in [9.17, 15) is 4.79 Å². The smallest absolute Gasteiger partial charge is 0.178 e. The van der Waals surface area contributed by atoms with Crippen molar-refractivity contribution in [1.29, 1.82) is 0 Å². The number of aromatic amines is 1. The predicted molar refractivity (Wildman–Crippen MR) is 76.9 cm³/mol. The van der Waals surface area contributed by atoms with Crippen molar-refractivity contribution in [1.82, 2.24) is 10.3 Å². The van der Waals surface area contributed by atoms with Crippen molar-refractivity contribution in [3.63, 3.8) is 0 Å². The topological polar surface area (TPSA) is 54.1 Å². The third kappa shape index (κ3) is 3.15. The van der Waals surface area contributed by atoms with E-state index in [1.54, 1.807) is 6.20 Å². The molecule has 1 heterocycles. The first kappa shape index (κ1) is 13.6. The number of hydrogen-bond donors (Lipinski definition) is 2. The van der Waals surface area contributed by atoms with Crippen LogP contribution in [0.4, 0.5) is 0 Å². The van der Waals surface area contributed by atoms with Crippen molar-refractivity contribution in [2.45, 2.75) is 26.8 Å². The minimum absolute atomic E-state index is 0.0913. The molecular weight excluding hydrogens is 240 g/mol. The summed E-state index contributed by atoms with van der Waals surface area (Å²) in [6.45, 7) is 6.96. The Balaban J connectivity index is 2.27. The highest BCUT2D eigenvalue weighted by atomic mass is 16.5. The quantitative estimate of drug-likeness (QED) is 0.785. The lowest BCUT2D eigenvalue weighted by atomic mass is 10.1. The summed E-state index contributed by atoms with van der Waals surface area (Å²) < 4.78 is 5.48. The monoisotopic (exact) mass is 260 g/mol. The van der Waals surface area contributed by atoms with Crippen LogP contribution in [0.3, 0.4) is 0 Å². The Morgan fingerprint density at radius 3 is 2.89 bits per heavy atom. The van der Waals surface area contributed by atoms with Crippen molar-refractivity contribution in [3.8, 4) is 5.75 Å². The average molecular weight is 260 g/mol. The molecule has 4 nitrogen and oxygen atoms in total. The molecule has 0 amide bonds. The second kappa shape index (κ2) is 5.89. The van der Waals surface area contributed by atoms with Gasteiger partial charge < -0.3 is 15.0 Å². The summed E-state index contributed by atoms with van der Waals surface area (Å²) in [4.78, 5) is 15.3. The van der Waals surface area contributed by atoms with E-state index in [2.05, 4.69) is 10.3 Å². The molecule has 2 aromatic rings. The van der Waals surface area contributed by atoms with Crippen LogP contribution in [0.5, 0.6) is 5.75 Å². The standard InChI is InChI=1S/C15H20N2O2/c1-4-19-11-5-6-14-12(7-11)13(8-17-14)15(18)9-16-10(2)3/h5-8,10,16-17H,4,9H2,1-3H3. The van der Waals surface area contributed by atoms with E-state index in [1.165, 1.54) is 0 Å². The van der Waals surface area contributed by atoms with Crippen molar-refractivity contribution in [2.24, 2.45) is 0 Å². The Morgan fingerprint density at radius 2 is 2.21 bits per heavy atom. The number of nitrogens with one attached hydrogen (secondary N) is 2. The van der Waals surface area contributed by atoms with Crippen molar-refractivity contribution < 1.29 is 9.53 Å². The number of ketones is 1. The summed E-state index contributed by atoms with van der Waals surface area (Å²) in [5.41, 5.74) is 1.67. The summed E-state index contributed by atoms with van der Waals surface area (Å²) in [6, 6.07) is 6.06. The number of rotatable bonds is 6. The molecule has 0 saturated carbocycles. The summed E-state index contributed by atoms with van der Waals surface area (Å²) in [6.07, 6.45) is 1.77. The molecule has 1 aromatic heterocycles. The van der Waals surface area contributed by atoms with E-state index < -0.39 is 0 Å². The van der Waals surface area contributed by atoms with Gasteiger partial charge in [0.15, 0.2) is 5.78 Å². The van der Waals surface area contributed by atoms with Crippen LogP contribution in [0, 0.1) is 0 Å². The van der Waals surface area contributed by atoms with Gasteiger partial charge >= 0.3 is 0 Å². The first-order valence-electron chi connectivity index (χ1n) is 6.62. The fraction of sp³-hybridized carbons (Fsp3) is 0.400. The summed E-state index contributed by atoms with van der Waals surface area (Å²) >= 11 is 0. The Hall–Kier alpha value is -1.81. The predicted octanol–water partition coefficient (Wildman–Crippen LogP) is 2.75. The van der Waals surface area contributed by atoms with E-state index in [-0.39, 0.29) is 5.78 Å². The van der Waals surface area contributed by atoms with Gasteiger partial charge in [-0.05, 0) is 25.1 Å². The lowest BCUT2D eigenvalue weighted by Gasteiger charge is -2.07. The summed E-state index contributed by atoms with van der Waals surface area (Å²) in [5.74, 6) is 0.883. The lowest BCUT2D eigenvalue weighted by molar-refractivity contribution is 0.0990. The minimum Gasteiger partial charge on any atom is -0.494 e. The zero-order valence-corrected chi connectivity index (χ0v) is 11.6. The Labute approximate surface area is 113 Å². The van der Waals surface area contributed by atoms with Crippen LogP contribution < -0.4 is 10.1 Å². The molecular formula is C15H20N2O2. The molecule has 4 heteroatoms. The van der Waals surface area contributed by atoms with Crippen LogP contribution in [0.2, 0.25) is 0 Å². The maximum atomic E-state index is 12.2. The average Bonchev–Trinajstić information content (AvgIpc) is 2.79. The first-order valence-corrected chi connectivity index (χ1v) is 6.62. The van der Waals surface area contributed by atoms with Crippen LogP contribution in [-0.4, -0.2) is 30.0 Å². The number of carbonyl (C=O) groups is 1. The normalized spacial score (nSPS) is 11.2. The van der Waals surface area contributed by atoms with Crippen molar-refractivity contribution in [3.05, 3.63) is 30.0 Å². The Kier molecular flexibility index (Phi) is 4.22. The summed E-state index contributed by atoms with van der Waals surface area (Å²) in [5, 5.41) is 4.06. The molecule has 0 saturated heterocycles. The van der Waals surface area contributed by atoms with E-state index in [0.29, 0.717) is 24.8 Å². The SMILES string of the molecule is CCOc1ccc2[nH]cc(C(=O)CNC(C)C)c2c1. The molecule has 19 heavy (non-hydrogen) atoms. The molecule has 0 aliphatic rings. The van der Waals surface area contributed by atoms with Crippen LogP contribution >= 0.6 is 0 Å². The van der Waals surface area contributed by atoms with Crippen molar-refractivity contribution >= 4 is 16.7 Å². The van der Waals surface area contributed by atoms with Gasteiger partial charge in [-0.15, -0.1) is 0 Å². The Bertz CT molecular complexity index is 573. The fourth-order valence-electron chi connectivity index (χ4n) is 1.98. The number of carbonyl (C=O) groups excluding carboxylic acids is 1. The zero-order valence-electron chi connectivity index (χ0n) is 11.6.